The quantitative estimate of drug-likeness (QED) is 0.939. The van der Waals surface area contributed by atoms with Gasteiger partial charge < -0.3 is 5.32 Å². The summed E-state index contributed by atoms with van der Waals surface area (Å²) in [5.74, 6) is -0.875. The topological polar surface area (TPSA) is 66.5 Å². The van der Waals surface area contributed by atoms with Crippen molar-refractivity contribution in [2.75, 3.05) is 19.4 Å². The van der Waals surface area contributed by atoms with Crippen molar-refractivity contribution >= 4 is 21.6 Å². The fraction of sp³-hybridized carbons (Fsp3) is 0.133. The molecule has 0 aromatic heterocycles. The van der Waals surface area contributed by atoms with Gasteiger partial charge in [0.15, 0.2) is 0 Å². The molecule has 0 radical (unpaired) electrons. The molecule has 0 spiro atoms. The van der Waals surface area contributed by atoms with Crippen LogP contribution in [0.3, 0.4) is 0 Å². The van der Waals surface area contributed by atoms with Gasteiger partial charge in [0, 0.05) is 25.3 Å². The summed E-state index contributed by atoms with van der Waals surface area (Å²) in [4.78, 5) is 12.2. The molecular weight excluding hydrogens is 307 g/mol. The van der Waals surface area contributed by atoms with Crippen molar-refractivity contribution < 1.29 is 17.6 Å². The van der Waals surface area contributed by atoms with Crippen molar-refractivity contribution in [3.05, 3.63) is 59.9 Å². The van der Waals surface area contributed by atoms with E-state index >= 15 is 0 Å². The van der Waals surface area contributed by atoms with Crippen molar-refractivity contribution in [2.24, 2.45) is 0 Å². The molecule has 2 rings (SSSR count). The van der Waals surface area contributed by atoms with Crippen LogP contribution in [-0.4, -0.2) is 32.7 Å². The molecule has 0 bridgehead atoms. The lowest BCUT2D eigenvalue weighted by Crippen LogP contribution is -2.22. The summed E-state index contributed by atoms with van der Waals surface area (Å²) < 4.78 is 38.0. The van der Waals surface area contributed by atoms with Gasteiger partial charge in [-0.15, -0.1) is 0 Å². The maximum Gasteiger partial charge on any atom is 0.255 e. The molecule has 0 atom stereocenters. The minimum absolute atomic E-state index is 0.0317. The van der Waals surface area contributed by atoms with Crippen molar-refractivity contribution in [2.45, 2.75) is 4.90 Å². The Kier molecular flexibility index (Phi) is 4.58. The minimum Gasteiger partial charge on any atom is -0.322 e. The third-order valence-electron chi connectivity index (χ3n) is 2.98. The first-order valence-electron chi connectivity index (χ1n) is 6.40. The third-order valence-corrected chi connectivity index (χ3v) is 4.79. The van der Waals surface area contributed by atoms with Crippen molar-refractivity contribution in [3.63, 3.8) is 0 Å². The number of halogens is 1. The lowest BCUT2D eigenvalue weighted by Gasteiger charge is -2.12. The second-order valence-electron chi connectivity index (χ2n) is 4.78. The van der Waals surface area contributed by atoms with Gasteiger partial charge in [-0.2, -0.15) is 0 Å². The average molecular weight is 322 g/mol. The number of hydrogen-bond acceptors (Lipinski definition) is 3. The largest absolute Gasteiger partial charge is 0.322 e. The zero-order valence-corrected chi connectivity index (χ0v) is 12.9. The number of rotatable bonds is 4. The first kappa shape index (κ1) is 16.1. The number of carbonyl (C=O) groups excluding carboxylic acids is 1. The third kappa shape index (κ3) is 3.49. The smallest absolute Gasteiger partial charge is 0.255 e. The number of carbonyl (C=O) groups is 1. The van der Waals surface area contributed by atoms with E-state index in [4.69, 9.17) is 0 Å². The fourth-order valence-corrected chi connectivity index (χ4v) is 2.69. The van der Waals surface area contributed by atoms with E-state index in [1.807, 2.05) is 0 Å². The highest BCUT2D eigenvalue weighted by Gasteiger charge is 2.18. The molecule has 0 saturated heterocycles. The summed E-state index contributed by atoms with van der Waals surface area (Å²) >= 11 is 0. The Bertz CT molecular complexity index is 787. The summed E-state index contributed by atoms with van der Waals surface area (Å²) in [6.45, 7) is 0. The predicted octanol–water partition coefficient (Wildman–Crippen LogP) is 2.33. The first-order valence-corrected chi connectivity index (χ1v) is 7.84. The van der Waals surface area contributed by atoms with Gasteiger partial charge in [0.1, 0.15) is 5.82 Å². The Morgan fingerprint density at radius 1 is 1.09 bits per heavy atom. The normalized spacial score (nSPS) is 11.5. The fourth-order valence-electron chi connectivity index (χ4n) is 1.75. The second kappa shape index (κ2) is 6.25. The molecule has 0 aliphatic rings. The van der Waals surface area contributed by atoms with Crippen LogP contribution in [-0.2, 0) is 10.0 Å². The van der Waals surface area contributed by atoms with Gasteiger partial charge in [-0.25, -0.2) is 17.1 Å². The molecule has 0 aliphatic heterocycles. The maximum atomic E-state index is 12.8. The van der Waals surface area contributed by atoms with Gasteiger partial charge in [0.05, 0.1) is 4.90 Å². The molecule has 0 saturated carbocycles. The van der Waals surface area contributed by atoms with E-state index in [2.05, 4.69) is 5.32 Å². The number of amides is 1. The Morgan fingerprint density at radius 2 is 1.73 bits per heavy atom. The standard InChI is InChI=1S/C15H15FN2O3S/c1-18(2)22(20,21)14-5-3-4-11(10-14)15(19)17-13-8-6-12(16)7-9-13/h3-10H,1-2H3,(H,17,19). The van der Waals surface area contributed by atoms with Crippen molar-refractivity contribution in [1.29, 1.82) is 0 Å². The van der Waals surface area contributed by atoms with Gasteiger partial charge in [0.25, 0.3) is 5.91 Å². The van der Waals surface area contributed by atoms with Crippen LogP contribution >= 0.6 is 0 Å². The zero-order valence-electron chi connectivity index (χ0n) is 12.1. The molecule has 1 amide bonds. The molecule has 5 nitrogen and oxygen atoms in total. The number of benzene rings is 2. The van der Waals surface area contributed by atoms with E-state index in [1.165, 1.54) is 62.6 Å². The molecule has 0 heterocycles. The Labute approximate surface area is 128 Å². The lowest BCUT2D eigenvalue weighted by atomic mass is 10.2. The average Bonchev–Trinajstić information content (AvgIpc) is 2.49. The monoisotopic (exact) mass is 322 g/mol. The van der Waals surface area contributed by atoms with E-state index in [9.17, 15) is 17.6 Å². The molecule has 22 heavy (non-hydrogen) atoms. The van der Waals surface area contributed by atoms with Gasteiger partial charge in [-0.1, -0.05) is 6.07 Å². The van der Waals surface area contributed by atoms with Crippen molar-refractivity contribution in [3.8, 4) is 0 Å². The van der Waals surface area contributed by atoms with Gasteiger partial charge in [0.2, 0.25) is 10.0 Å². The summed E-state index contributed by atoms with van der Waals surface area (Å²) in [7, 11) is -0.773. The summed E-state index contributed by atoms with van der Waals surface area (Å²) in [6, 6.07) is 11.0. The van der Waals surface area contributed by atoms with E-state index in [0.29, 0.717) is 5.69 Å². The molecular formula is C15H15FN2O3S. The van der Waals surface area contributed by atoms with Crippen LogP contribution in [0.4, 0.5) is 10.1 Å². The van der Waals surface area contributed by atoms with E-state index in [1.54, 1.807) is 0 Å². The number of anilines is 1. The van der Waals surface area contributed by atoms with Crippen LogP contribution in [0.2, 0.25) is 0 Å². The van der Waals surface area contributed by atoms with E-state index in [-0.39, 0.29) is 10.5 Å². The SMILES string of the molecule is CN(C)S(=O)(=O)c1cccc(C(=O)Nc2ccc(F)cc2)c1. The van der Waals surface area contributed by atoms with E-state index < -0.39 is 21.7 Å². The van der Waals surface area contributed by atoms with E-state index in [0.717, 1.165) is 4.31 Å². The molecule has 2 aromatic carbocycles. The number of nitrogens with one attached hydrogen (secondary N) is 1. The number of nitrogens with zero attached hydrogens (tertiary/aromatic N) is 1. The van der Waals surface area contributed by atoms with Crippen LogP contribution in [0.5, 0.6) is 0 Å². The Morgan fingerprint density at radius 3 is 2.32 bits per heavy atom. The predicted molar refractivity (Wildman–Crippen MR) is 81.7 cm³/mol. The zero-order chi connectivity index (χ0) is 16.3. The minimum atomic E-state index is -3.61. The van der Waals surface area contributed by atoms with Crippen LogP contribution in [0, 0.1) is 5.82 Å². The van der Waals surface area contributed by atoms with Gasteiger partial charge in [-0.3, -0.25) is 4.79 Å². The van der Waals surface area contributed by atoms with Crippen LogP contribution in [0.15, 0.2) is 53.4 Å². The molecule has 0 aliphatic carbocycles. The van der Waals surface area contributed by atoms with Gasteiger partial charge >= 0.3 is 0 Å². The Hall–Kier alpha value is -2.25. The Balaban J connectivity index is 2.26. The highest BCUT2D eigenvalue weighted by atomic mass is 32.2. The summed E-state index contributed by atoms with van der Waals surface area (Å²) in [5.41, 5.74) is 0.625. The summed E-state index contributed by atoms with van der Waals surface area (Å²) in [5, 5.41) is 2.58. The molecule has 2 aromatic rings. The highest BCUT2D eigenvalue weighted by Crippen LogP contribution is 2.16. The first-order chi connectivity index (χ1) is 10.3. The maximum absolute atomic E-state index is 12.8. The molecule has 116 valence electrons. The molecule has 1 N–H and O–H groups in total. The van der Waals surface area contributed by atoms with Crippen LogP contribution in [0.1, 0.15) is 10.4 Å². The number of sulfonamides is 1. The highest BCUT2D eigenvalue weighted by molar-refractivity contribution is 7.89. The van der Waals surface area contributed by atoms with Crippen molar-refractivity contribution in [1.82, 2.24) is 4.31 Å². The van der Waals surface area contributed by atoms with Crippen LogP contribution in [0.25, 0.3) is 0 Å². The second-order valence-corrected chi connectivity index (χ2v) is 6.93. The summed E-state index contributed by atoms with van der Waals surface area (Å²) in [6.07, 6.45) is 0. The lowest BCUT2D eigenvalue weighted by molar-refractivity contribution is 0.102. The van der Waals surface area contributed by atoms with Crippen LogP contribution < -0.4 is 5.32 Å². The van der Waals surface area contributed by atoms with Gasteiger partial charge in [-0.05, 0) is 42.5 Å². The number of hydrogen-bond donors (Lipinski definition) is 1. The molecule has 0 unspecified atom stereocenters. The molecule has 7 heteroatoms. The molecule has 0 fully saturated rings.